The van der Waals surface area contributed by atoms with Gasteiger partial charge in [-0.25, -0.2) is 0 Å². The van der Waals surface area contributed by atoms with E-state index >= 15 is 0 Å². The number of benzene rings is 15. The maximum absolute atomic E-state index is 2.46. The first-order valence-corrected chi connectivity index (χ1v) is 25.2. The molecule has 0 N–H and O–H groups in total. The van der Waals surface area contributed by atoms with Gasteiger partial charge in [0.25, 0.3) is 0 Å². The van der Waals surface area contributed by atoms with Gasteiger partial charge in [0.2, 0.25) is 0 Å². The van der Waals surface area contributed by atoms with E-state index in [1.807, 2.05) is 0 Å². The van der Waals surface area contributed by atoms with Gasteiger partial charge in [-0.3, -0.25) is 0 Å². The van der Waals surface area contributed by atoms with Gasteiger partial charge in [0.1, 0.15) is 0 Å². The van der Waals surface area contributed by atoms with Crippen molar-refractivity contribution in [1.29, 1.82) is 0 Å². The number of hydrogen-bond donors (Lipinski definition) is 0. The predicted molar refractivity (Wildman–Crippen MR) is 308 cm³/mol. The van der Waals surface area contributed by atoms with Crippen LogP contribution in [0.5, 0.6) is 0 Å². The van der Waals surface area contributed by atoms with E-state index in [0.717, 1.165) is 0 Å². The summed E-state index contributed by atoms with van der Waals surface area (Å²) in [7, 11) is 0. The summed E-state index contributed by atoms with van der Waals surface area (Å²) in [5.74, 6) is 0. The molecule has 0 saturated heterocycles. The van der Waals surface area contributed by atoms with Crippen molar-refractivity contribution in [3.8, 4) is 89.0 Å². The maximum Gasteiger partial charge on any atom is -0.000740 e. The van der Waals surface area contributed by atoms with E-state index < -0.39 is 0 Å². The summed E-state index contributed by atoms with van der Waals surface area (Å²) in [4.78, 5) is 0. The van der Waals surface area contributed by atoms with E-state index in [1.165, 1.54) is 175 Å². The largest absolute Gasteiger partial charge is 0.0622 e. The van der Waals surface area contributed by atoms with Gasteiger partial charge >= 0.3 is 0 Å². The van der Waals surface area contributed by atoms with Crippen LogP contribution in [0.3, 0.4) is 0 Å². The minimum absolute atomic E-state index is 1.24. The normalized spacial score (nSPS) is 12.4. The standard InChI is InChI=1S/C72H40/c1-3-17-43(18-4-1)61-49-23-11-13-25-51(49)63(47-29-27-41-15-7-9-21-45(41)39-47)71-59-37-33-55-54-32-36-58-68-60(38-34-56(66(54)68)53-31-35-57(69(61)71)67(59)65(53)55)72-64(48-30-28-42-16-8-10-22-46(42)40-48)52-26-14-12-24-50(52)62(70(58)72)44-19-5-2-6-20-44/h1-40H. The Balaban J connectivity index is 0.993. The van der Waals surface area contributed by atoms with E-state index in [1.54, 1.807) is 0 Å². The third-order valence-corrected chi connectivity index (χ3v) is 16.6. The van der Waals surface area contributed by atoms with Crippen LogP contribution in [-0.2, 0) is 0 Å². The maximum atomic E-state index is 2.46. The lowest BCUT2D eigenvalue weighted by atomic mass is 9.82. The molecule has 0 bridgehead atoms. The third kappa shape index (κ3) is 4.95. The molecule has 0 nitrogen and oxygen atoms in total. The quantitative estimate of drug-likeness (QED) is 0.122. The van der Waals surface area contributed by atoms with Crippen LogP contribution in [0.15, 0.2) is 243 Å². The molecule has 0 heterocycles. The lowest BCUT2D eigenvalue weighted by Crippen LogP contribution is -1.93. The Morgan fingerprint density at radius 2 is 0.444 bits per heavy atom. The zero-order valence-electron chi connectivity index (χ0n) is 39.1. The second kappa shape index (κ2) is 14.1. The third-order valence-electron chi connectivity index (χ3n) is 16.6. The minimum atomic E-state index is 1.24. The van der Waals surface area contributed by atoms with Gasteiger partial charge in [-0.2, -0.15) is 0 Å². The SMILES string of the molecule is c1ccc(-c2c3c(c(-c4ccc5ccccc5c4)c4ccccc24)-c2ccc4c5ccc6c7c(ccc(c8ccc-3c2c84)c75)-c2c-6c(-c3ccccc3)c3ccccc3c2-c2ccc3ccccc3c2)cc1. The minimum Gasteiger partial charge on any atom is -0.0622 e. The molecule has 0 radical (unpaired) electrons. The topological polar surface area (TPSA) is 0 Å². The summed E-state index contributed by atoms with van der Waals surface area (Å²) in [6.07, 6.45) is 0. The Morgan fingerprint density at radius 1 is 0.153 bits per heavy atom. The molecule has 0 amide bonds. The first-order valence-electron chi connectivity index (χ1n) is 25.2. The van der Waals surface area contributed by atoms with E-state index in [2.05, 4.69) is 243 Å². The average molecular weight is 905 g/mol. The molecule has 2 aliphatic carbocycles. The van der Waals surface area contributed by atoms with Crippen LogP contribution in [0.4, 0.5) is 0 Å². The Kier molecular flexibility index (Phi) is 7.55. The molecule has 72 heavy (non-hydrogen) atoms. The Labute approximate surface area is 415 Å². The van der Waals surface area contributed by atoms with Crippen molar-refractivity contribution >= 4 is 86.2 Å². The van der Waals surface area contributed by atoms with Crippen LogP contribution in [-0.4, -0.2) is 0 Å². The first kappa shape index (κ1) is 38.5. The summed E-state index contributed by atoms with van der Waals surface area (Å²) in [6.45, 7) is 0. The Bertz CT molecular complexity index is 4550. The van der Waals surface area contributed by atoms with Crippen LogP contribution < -0.4 is 0 Å². The van der Waals surface area contributed by atoms with Crippen LogP contribution in [0, 0.1) is 0 Å². The lowest BCUT2D eigenvalue weighted by Gasteiger charge is -2.20. The summed E-state index contributed by atoms with van der Waals surface area (Å²) in [6, 6.07) is 91.7. The fraction of sp³-hybridized carbons (Fsp3) is 0. The highest BCUT2D eigenvalue weighted by molar-refractivity contribution is 6.42. The zero-order valence-corrected chi connectivity index (χ0v) is 39.1. The molecule has 2 aliphatic rings. The number of rotatable bonds is 4. The van der Waals surface area contributed by atoms with Gasteiger partial charge in [-0.15, -0.1) is 0 Å². The fourth-order valence-corrected chi connectivity index (χ4v) is 13.8. The average Bonchev–Trinajstić information content (AvgIpc) is 3.96. The molecule has 17 rings (SSSR count). The molecule has 0 aromatic heterocycles. The second-order valence-corrected chi connectivity index (χ2v) is 20.1. The molecule has 0 aliphatic heterocycles. The smallest absolute Gasteiger partial charge is 0.000740 e. The summed E-state index contributed by atoms with van der Waals surface area (Å²) >= 11 is 0. The van der Waals surface area contributed by atoms with Crippen molar-refractivity contribution in [2.24, 2.45) is 0 Å². The van der Waals surface area contributed by atoms with Crippen LogP contribution in [0.2, 0.25) is 0 Å². The van der Waals surface area contributed by atoms with E-state index in [-0.39, 0.29) is 0 Å². The monoisotopic (exact) mass is 904 g/mol. The highest BCUT2D eigenvalue weighted by Gasteiger charge is 2.35. The molecule has 0 atom stereocenters. The molecule has 328 valence electrons. The molecular weight excluding hydrogens is 865 g/mol. The van der Waals surface area contributed by atoms with Crippen molar-refractivity contribution in [1.82, 2.24) is 0 Å². The van der Waals surface area contributed by atoms with Crippen LogP contribution in [0.25, 0.3) is 175 Å². The van der Waals surface area contributed by atoms with E-state index in [0.29, 0.717) is 0 Å². The van der Waals surface area contributed by atoms with Gasteiger partial charge in [0.05, 0.1) is 0 Å². The molecule has 0 saturated carbocycles. The van der Waals surface area contributed by atoms with Crippen LogP contribution in [0.1, 0.15) is 0 Å². The molecule has 15 aromatic rings. The summed E-state index contributed by atoms with van der Waals surface area (Å²) in [5.41, 5.74) is 20.8. The molecule has 0 spiro atoms. The molecule has 0 unspecified atom stereocenters. The molecule has 0 fully saturated rings. The lowest BCUT2D eigenvalue weighted by molar-refractivity contribution is 1.63. The van der Waals surface area contributed by atoms with Gasteiger partial charge in [-0.1, -0.05) is 231 Å². The van der Waals surface area contributed by atoms with Crippen molar-refractivity contribution in [2.75, 3.05) is 0 Å². The van der Waals surface area contributed by atoms with Crippen molar-refractivity contribution < 1.29 is 0 Å². The summed E-state index contributed by atoms with van der Waals surface area (Å²) in [5, 5.41) is 20.8. The van der Waals surface area contributed by atoms with Crippen molar-refractivity contribution in [3.63, 3.8) is 0 Å². The molecule has 0 heteroatoms. The predicted octanol–water partition coefficient (Wildman–Crippen LogP) is 20.3. The Hall–Kier alpha value is -9.36. The zero-order chi connectivity index (χ0) is 46.8. The highest BCUT2D eigenvalue weighted by Crippen LogP contribution is 2.63. The second-order valence-electron chi connectivity index (χ2n) is 20.1. The summed E-state index contributed by atoms with van der Waals surface area (Å²) < 4.78 is 0. The fourth-order valence-electron chi connectivity index (χ4n) is 13.8. The Morgan fingerprint density at radius 3 is 0.792 bits per heavy atom. The van der Waals surface area contributed by atoms with E-state index in [4.69, 9.17) is 0 Å². The van der Waals surface area contributed by atoms with Gasteiger partial charge in [0.15, 0.2) is 0 Å². The van der Waals surface area contributed by atoms with E-state index in [9.17, 15) is 0 Å². The van der Waals surface area contributed by atoms with Crippen molar-refractivity contribution in [2.45, 2.75) is 0 Å². The molecule has 15 aromatic carbocycles. The van der Waals surface area contributed by atoms with Gasteiger partial charge in [0, 0.05) is 0 Å². The first-order chi connectivity index (χ1) is 35.8. The highest BCUT2D eigenvalue weighted by atomic mass is 14.4. The molecular formula is C72H40. The van der Waals surface area contributed by atoms with Crippen molar-refractivity contribution in [3.05, 3.63) is 243 Å². The number of hydrogen-bond acceptors (Lipinski definition) is 0. The number of fused-ring (bicyclic) bond motifs is 12. The van der Waals surface area contributed by atoms with Crippen LogP contribution >= 0.6 is 0 Å². The van der Waals surface area contributed by atoms with Gasteiger partial charge in [-0.05, 0) is 187 Å². The van der Waals surface area contributed by atoms with Gasteiger partial charge < -0.3 is 0 Å².